The van der Waals surface area contributed by atoms with Crippen LogP contribution in [-0.2, 0) is 4.79 Å². The second-order valence-electron chi connectivity index (χ2n) is 4.72. The van der Waals surface area contributed by atoms with E-state index in [1.54, 1.807) is 18.2 Å². The lowest BCUT2D eigenvalue weighted by atomic mass is 9.82. The van der Waals surface area contributed by atoms with Gasteiger partial charge in [0.15, 0.2) is 6.10 Å². The van der Waals surface area contributed by atoms with Gasteiger partial charge >= 0.3 is 0 Å². The van der Waals surface area contributed by atoms with Crippen molar-refractivity contribution in [3.63, 3.8) is 0 Å². The number of fused-ring (bicyclic) bond motifs is 4. The molecule has 0 radical (unpaired) electrons. The molecule has 0 spiro atoms. The maximum absolute atomic E-state index is 12.0. The lowest BCUT2D eigenvalue weighted by Gasteiger charge is -2.40. The lowest BCUT2D eigenvalue weighted by molar-refractivity contribution is -0.236. The first kappa shape index (κ1) is 10.7. The second kappa shape index (κ2) is 3.55. The smallest absolute Gasteiger partial charge is 0.215 e. The standard InChI is InChI=1S/C13H14O4/c14-9-5-3-7-11-13(15,16)12(9)8-4-1-2-6-10(8)17-11/h1-2,4,6,11-12,15-16H,3,5,7H2/t11-,12+/m1/s1. The van der Waals surface area contributed by atoms with Gasteiger partial charge in [0.25, 0.3) is 0 Å². The minimum Gasteiger partial charge on any atom is -0.484 e. The highest BCUT2D eigenvalue weighted by atomic mass is 16.6. The van der Waals surface area contributed by atoms with E-state index in [4.69, 9.17) is 4.74 Å². The van der Waals surface area contributed by atoms with Gasteiger partial charge in [-0.15, -0.1) is 0 Å². The van der Waals surface area contributed by atoms with E-state index < -0.39 is 17.8 Å². The van der Waals surface area contributed by atoms with Crippen LogP contribution >= 0.6 is 0 Å². The number of carbonyl (C=O) groups excluding carboxylic acids is 1. The van der Waals surface area contributed by atoms with Crippen molar-refractivity contribution in [2.75, 3.05) is 0 Å². The molecule has 3 rings (SSSR count). The first-order valence-corrected chi connectivity index (χ1v) is 5.84. The Bertz CT molecular complexity index is 466. The number of benzene rings is 1. The molecule has 1 aliphatic carbocycles. The zero-order chi connectivity index (χ0) is 12.0. The zero-order valence-corrected chi connectivity index (χ0v) is 9.30. The van der Waals surface area contributed by atoms with Gasteiger partial charge in [0.05, 0.1) is 0 Å². The number of Topliss-reactive ketones (excluding diaryl/α,β-unsaturated/α-hetero) is 1. The van der Waals surface area contributed by atoms with E-state index in [0.717, 1.165) is 0 Å². The summed E-state index contributed by atoms with van der Waals surface area (Å²) in [6, 6.07) is 7.08. The van der Waals surface area contributed by atoms with Gasteiger partial charge in [0.2, 0.25) is 5.79 Å². The fourth-order valence-corrected chi connectivity index (χ4v) is 2.77. The molecule has 2 N–H and O–H groups in total. The van der Waals surface area contributed by atoms with Crippen LogP contribution in [0.1, 0.15) is 30.7 Å². The van der Waals surface area contributed by atoms with Crippen molar-refractivity contribution >= 4 is 5.78 Å². The molecule has 90 valence electrons. The lowest BCUT2D eigenvalue weighted by Crippen LogP contribution is -2.54. The van der Waals surface area contributed by atoms with E-state index in [1.807, 2.05) is 6.07 Å². The Morgan fingerprint density at radius 2 is 2.06 bits per heavy atom. The van der Waals surface area contributed by atoms with Crippen LogP contribution in [0.3, 0.4) is 0 Å². The van der Waals surface area contributed by atoms with E-state index >= 15 is 0 Å². The van der Waals surface area contributed by atoms with E-state index in [1.165, 1.54) is 0 Å². The summed E-state index contributed by atoms with van der Waals surface area (Å²) >= 11 is 0. The molecule has 1 fully saturated rings. The predicted molar refractivity (Wildman–Crippen MR) is 59.6 cm³/mol. The molecule has 1 aliphatic heterocycles. The highest BCUT2D eigenvalue weighted by Crippen LogP contribution is 2.45. The number of hydrogen-bond acceptors (Lipinski definition) is 4. The van der Waals surface area contributed by atoms with Crippen molar-refractivity contribution < 1.29 is 19.7 Å². The number of hydrogen-bond donors (Lipinski definition) is 2. The molecular formula is C13H14O4. The molecule has 1 heterocycles. The molecule has 0 amide bonds. The summed E-state index contributed by atoms with van der Waals surface area (Å²) in [6.07, 6.45) is 0.788. The molecule has 0 saturated heterocycles. The quantitative estimate of drug-likeness (QED) is 0.656. The Morgan fingerprint density at radius 3 is 2.88 bits per heavy atom. The van der Waals surface area contributed by atoms with Crippen LogP contribution in [0, 0.1) is 0 Å². The van der Waals surface area contributed by atoms with Crippen LogP contribution < -0.4 is 4.74 Å². The molecule has 2 aliphatic rings. The summed E-state index contributed by atoms with van der Waals surface area (Å²) in [6.45, 7) is 0. The van der Waals surface area contributed by atoms with Crippen molar-refractivity contribution in [1.29, 1.82) is 0 Å². The van der Waals surface area contributed by atoms with Crippen molar-refractivity contribution in [3.8, 4) is 5.75 Å². The average Bonchev–Trinajstić information content (AvgIpc) is 2.35. The van der Waals surface area contributed by atoms with Crippen molar-refractivity contribution in [2.45, 2.75) is 37.1 Å². The molecule has 4 heteroatoms. The molecule has 0 unspecified atom stereocenters. The van der Waals surface area contributed by atoms with E-state index in [2.05, 4.69) is 0 Å². The molecule has 4 nitrogen and oxygen atoms in total. The average molecular weight is 234 g/mol. The van der Waals surface area contributed by atoms with Gasteiger partial charge in [-0.1, -0.05) is 18.2 Å². The van der Waals surface area contributed by atoms with Gasteiger partial charge in [-0.25, -0.2) is 0 Å². The highest BCUT2D eigenvalue weighted by Gasteiger charge is 2.53. The first-order chi connectivity index (χ1) is 8.10. The van der Waals surface area contributed by atoms with Crippen molar-refractivity contribution in [1.82, 2.24) is 0 Å². The maximum Gasteiger partial charge on any atom is 0.215 e. The summed E-state index contributed by atoms with van der Waals surface area (Å²) in [7, 11) is 0. The van der Waals surface area contributed by atoms with Crippen molar-refractivity contribution in [2.24, 2.45) is 0 Å². The third-order valence-corrected chi connectivity index (χ3v) is 3.61. The normalized spacial score (nSPS) is 30.1. The number of ketones is 1. The van der Waals surface area contributed by atoms with Crippen LogP contribution in [0.4, 0.5) is 0 Å². The molecule has 0 aromatic heterocycles. The summed E-state index contributed by atoms with van der Waals surface area (Å²) in [5.74, 6) is -2.48. The Balaban J connectivity index is 2.19. The summed E-state index contributed by atoms with van der Waals surface area (Å²) in [4.78, 5) is 12.0. The summed E-state index contributed by atoms with van der Waals surface area (Å²) in [5, 5.41) is 20.3. The molecule has 1 aromatic rings. The van der Waals surface area contributed by atoms with Gasteiger partial charge in [-0.2, -0.15) is 0 Å². The largest absolute Gasteiger partial charge is 0.484 e. The Labute approximate surface area is 98.8 Å². The molecule has 17 heavy (non-hydrogen) atoms. The first-order valence-electron chi connectivity index (χ1n) is 5.84. The van der Waals surface area contributed by atoms with E-state index in [-0.39, 0.29) is 5.78 Å². The summed E-state index contributed by atoms with van der Waals surface area (Å²) < 4.78 is 5.59. The maximum atomic E-state index is 12.0. The third-order valence-electron chi connectivity index (χ3n) is 3.61. The third kappa shape index (κ3) is 1.48. The fraction of sp³-hybridized carbons (Fsp3) is 0.462. The summed E-state index contributed by atoms with van der Waals surface area (Å²) in [5.41, 5.74) is 0.584. The van der Waals surface area contributed by atoms with Gasteiger partial charge in [0.1, 0.15) is 17.5 Å². The molecule has 1 saturated carbocycles. The van der Waals surface area contributed by atoms with Gasteiger partial charge < -0.3 is 14.9 Å². The van der Waals surface area contributed by atoms with Crippen LogP contribution in [0.25, 0.3) is 0 Å². The Morgan fingerprint density at radius 1 is 1.29 bits per heavy atom. The highest BCUT2D eigenvalue weighted by molar-refractivity contribution is 5.88. The van der Waals surface area contributed by atoms with Crippen LogP contribution in [0.15, 0.2) is 24.3 Å². The molecule has 1 aromatic carbocycles. The number of rotatable bonds is 0. The fourth-order valence-electron chi connectivity index (χ4n) is 2.77. The van der Waals surface area contributed by atoms with Gasteiger partial charge in [-0.3, -0.25) is 4.79 Å². The van der Waals surface area contributed by atoms with E-state index in [0.29, 0.717) is 30.6 Å². The van der Waals surface area contributed by atoms with E-state index in [9.17, 15) is 15.0 Å². The number of carbonyl (C=O) groups is 1. The van der Waals surface area contributed by atoms with Crippen molar-refractivity contribution in [3.05, 3.63) is 29.8 Å². The SMILES string of the molecule is O=C1CCC[C@H]2Oc3ccccc3[C@@H]1C2(O)O. The molecule has 2 bridgehead atoms. The number of para-hydroxylation sites is 1. The Hall–Kier alpha value is -1.39. The minimum atomic E-state index is -2.08. The number of aliphatic hydroxyl groups is 2. The topological polar surface area (TPSA) is 66.8 Å². The predicted octanol–water partition coefficient (Wildman–Crippen LogP) is 0.965. The zero-order valence-electron chi connectivity index (χ0n) is 9.30. The minimum absolute atomic E-state index is 0.117. The second-order valence-corrected chi connectivity index (χ2v) is 4.72. The van der Waals surface area contributed by atoms with Crippen LogP contribution in [-0.4, -0.2) is 27.9 Å². The van der Waals surface area contributed by atoms with Crippen LogP contribution in [0.5, 0.6) is 5.75 Å². The van der Waals surface area contributed by atoms with Crippen LogP contribution in [0.2, 0.25) is 0 Å². The Kier molecular flexibility index (Phi) is 2.24. The molecule has 2 atom stereocenters. The molecular weight excluding hydrogens is 220 g/mol. The van der Waals surface area contributed by atoms with Gasteiger partial charge in [-0.05, 0) is 18.9 Å². The van der Waals surface area contributed by atoms with Gasteiger partial charge in [0, 0.05) is 12.0 Å². The monoisotopic (exact) mass is 234 g/mol. The number of ether oxygens (including phenoxy) is 1.